The molecule has 0 atom stereocenters. The van der Waals surface area contributed by atoms with Crippen LogP contribution in [0.15, 0.2) is 54.6 Å². The van der Waals surface area contributed by atoms with E-state index in [0.29, 0.717) is 11.4 Å². The Balaban J connectivity index is 1.78. The zero-order valence-electron chi connectivity index (χ0n) is 12.1. The molecule has 0 saturated carbocycles. The molecule has 0 unspecified atom stereocenters. The molecule has 0 radical (unpaired) electrons. The lowest BCUT2D eigenvalue weighted by molar-refractivity contribution is -0.121. The number of amides is 3. The second-order valence-electron chi connectivity index (χ2n) is 4.52. The average Bonchev–Trinajstić information content (AvgIpc) is 2.54. The van der Waals surface area contributed by atoms with Crippen LogP contribution in [0.5, 0.6) is 5.75 Å². The molecule has 2 rings (SSSR count). The monoisotopic (exact) mass is 299 g/mol. The summed E-state index contributed by atoms with van der Waals surface area (Å²) < 4.78 is 5.06. The quantitative estimate of drug-likeness (QED) is 0.756. The molecule has 0 spiro atoms. The second-order valence-corrected chi connectivity index (χ2v) is 4.52. The molecule has 22 heavy (non-hydrogen) atoms. The fraction of sp³-hybridized carbons (Fsp3) is 0.125. The minimum absolute atomic E-state index is 0.195. The van der Waals surface area contributed by atoms with Gasteiger partial charge < -0.3 is 10.1 Å². The van der Waals surface area contributed by atoms with Crippen LogP contribution in [0.3, 0.4) is 0 Å². The maximum atomic E-state index is 11.7. The number of methoxy groups -OCH3 is 1. The Morgan fingerprint density at radius 3 is 2.50 bits per heavy atom. The molecule has 3 N–H and O–H groups in total. The van der Waals surface area contributed by atoms with Crippen molar-refractivity contribution in [3.05, 3.63) is 60.2 Å². The first kappa shape index (κ1) is 15.4. The Morgan fingerprint density at radius 2 is 1.77 bits per heavy atom. The number of hydrogen-bond acceptors (Lipinski definition) is 3. The summed E-state index contributed by atoms with van der Waals surface area (Å²) in [7, 11) is 1.54. The van der Waals surface area contributed by atoms with E-state index in [0.717, 1.165) is 5.56 Å². The Labute approximate surface area is 128 Å². The third-order valence-corrected chi connectivity index (χ3v) is 2.85. The number of benzene rings is 2. The SMILES string of the molecule is COc1cccc(NC(=O)NNC(=O)Cc2ccccc2)c1. The number of hydrazine groups is 1. The maximum absolute atomic E-state index is 11.7. The smallest absolute Gasteiger partial charge is 0.337 e. The summed E-state index contributed by atoms with van der Waals surface area (Å²) in [5.41, 5.74) is 6.08. The van der Waals surface area contributed by atoms with Crippen molar-refractivity contribution in [3.8, 4) is 5.75 Å². The van der Waals surface area contributed by atoms with Crippen LogP contribution in [0.1, 0.15) is 5.56 Å². The summed E-state index contributed by atoms with van der Waals surface area (Å²) in [6, 6.07) is 15.6. The highest BCUT2D eigenvalue weighted by Gasteiger charge is 2.06. The van der Waals surface area contributed by atoms with Gasteiger partial charge in [0.25, 0.3) is 0 Å². The van der Waals surface area contributed by atoms with Gasteiger partial charge in [-0.15, -0.1) is 0 Å². The summed E-state index contributed by atoms with van der Waals surface area (Å²) in [4.78, 5) is 23.4. The first-order valence-corrected chi connectivity index (χ1v) is 6.71. The molecule has 0 aliphatic rings. The normalized spacial score (nSPS) is 9.68. The first-order valence-electron chi connectivity index (χ1n) is 6.71. The van der Waals surface area contributed by atoms with Gasteiger partial charge in [-0.05, 0) is 17.7 Å². The third-order valence-electron chi connectivity index (χ3n) is 2.85. The van der Waals surface area contributed by atoms with Crippen LogP contribution in [-0.4, -0.2) is 19.0 Å². The Morgan fingerprint density at radius 1 is 1.00 bits per heavy atom. The minimum Gasteiger partial charge on any atom is -0.497 e. The molecule has 0 aromatic heterocycles. The lowest BCUT2D eigenvalue weighted by atomic mass is 10.1. The highest BCUT2D eigenvalue weighted by atomic mass is 16.5. The molecule has 2 aromatic carbocycles. The first-order chi connectivity index (χ1) is 10.7. The molecule has 2 aromatic rings. The number of ether oxygens (including phenoxy) is 1. The van der Waals surface area contributed by atoms with Crippen LogP contribution in [0, 0.1) is 0 Å². The van der Waals surface area contributed by atoms with Gasteiger partial charge in [0.2, 0.25) is 5.91 Å². The van der Waals surface area contributed by atoms with Gasteiger partial charge in [-0.3, -0.25) is 10.2 Å². The van der Waals surface area contributed by atoms with Crippen molar-refractivity contribution >= 4 is 17.6 Å². The van der Waals surface area contributed by atoms with Crippen LogP contribution in [0.4, 0.5) is 10.5 Å². The standard InChI is InChI=1S/C16H17N3O3/c1-22-14-9-5-8-13(11-14)17-16(21)19-18-15(20)10-12-6-3-2-4-7-12/h2-9,11H,10H2,1H3,(H,18,20)(H2,17,19,21). The molecular formula is C16H17N3O3. The maximum Gasteiger partial charge on any atom is 0.337 e. The number of carbonyl (C=O) groups is 2. The summed E-state index contributed by atoms with van der Waals surface area (Å²) in [6.45, 7) is 0. The van der Waals surface area contributed by atoms with Crippen molar-refractivity contribution in [2.75, 3.05) is 12.4 Å². The number of anilines is 1. The molecule has 6 nitrogen and oxygen atoms in total. The largest absolute Gasteiger partial charge is 0.497 e. The van der Waals surface area contributed by atoms with E-state index in [1.54, 1.807) is 31.4 Å². The number of nitrogens with one attached hydrogen (secondary N) is 3. The van der Waals surface area contributed by atoms with Crippen molar-refractivity contribution in [2.24, 2.45) is 0 Å². The van der Waals surface area contributed by atoms with Gasteiger partial charge in [-0.2, -0.15) is 0 Å². The van der Waals surface area contributed by atoms with Gasteiger partial charge in [-0.1, -0.05) is 36.4 Å². The van der Waals surface area contributed by atoms with Crippen LogP contribution >= 0.6 is 0 Å². The molecule has 6 heteroatoms. The van der Waals surface area contributed by atoms with Crippen molar-refractivity contribution < 1.29 is 14.3 Å². The van der Waals surface area contributed by atoms with E-state index >= 15 is 0 Å². The predicted octanol–water partition coefficient (Wildman–Crippen LogP) is 2.09. The fourth-order valence-electron chi connectivity index (χ4n) is 1.82. The third kappa shape index (κ3) is 4.82. The number of hydrogen-bond donors (Lipinski definition) is 3. The van der Waals surface area contributed by atoms with Crippen LogP contribution < -0.4 is 20.9 Å². The summed E-state index contributed by atoms with van der Waals surface area (Å²) >= 11 is 0. The van der Waals surface area contributed by atoms with Gasteiger partial charge in [0.1, 0.15) is 5.75 Å². The summed E-state index contributed by atoms with van der Waals surface area (Å²) in [6.07, 6.45) is 0.195. The second kappa shape index (κ2) is 7.68. The molecule has 0 aliphatic carbocycles. The zero-order chi connectivity index (χ0) is 15.8. The van der Waals surface area contributed by atoms with E-state index in [1.807, 2.05) is 30.3 Å². The van der Waals surface area contributed by atoms with E-state index < -0.39 is 6.03 Å². The zero-order valence-corrected chi connectivity index (χ0v) is 12.1. The Bertz CT molecular complexity index is 644. The summed E-state index contributed by atoms with van der Waals surface area (Å²) in [5.74, 6) is 0.331. The molecule has 114 valence electrons. The van der Waals surface area contributed by atoms with Gasteiger partial charge in [0.05, 0.1) is 13.5 Å². The molecular weight excluding hydrogens is 282 g/mol. The minimum atomic E-state index is -0.533. The van der Waals surface area contributed by atoms with E-state index in [1.165, 1.54) is 0 Å². The number of urea groups is 1. The molecule has 3 amide bonds. The molecule has 0 aliphatic heterocycles. The Kier molecular flexibility index (Phi) is 5.37. The van der Waals surface area contributed by atoms with Crippen molar-refractivity contribution in [1.29, 1.82) is 0 Å². The van der Waals surface area contributed by atoms with Crippen LogP contribution in [0.25, 0.3) is 0 Å². The van der Waals surface area contributed by atoms with E-state index in [9.17, 15) is 9.59 Å². The van der Waals surface area contributed by atoms with E-state index in [-0.39, 0.29) is 12.3 Å². The van der Waals surface area contributed by atoms with Crippen LogP contribution in [0.2, 0.25) is 0 Å². The van der Waals surface area contributed by atoms with Crippen molar-refractivity contribution in [2.45, 2.75) is 6.42 Å². The Hall–Kier alpha value is -3.02. The van der Waals surface area contributed by atoms with Gasteiger partial charge in [-0.25, -0.2) is 10.2 Å². The van der Waals surface area contributed by atoms with E-state index in [2.05, 4.69) is 16.2 Å². The highest BCUT2D eigenvalue weighted by molar-refractivity contribution is 5.91. The number of carbonyl (C=O) groups excluding carboxylic acids is 2. The van der Waals surface area contributed by atoms with Crippen molar-refractivity contribution in [1.82, 2.24) is 10.9 Å². The topological polar surface area (TPSA) is 79.5 Å². The van der Waals surface area contributed by atoms with Crippen molar-refractivity contribution in [3.63, 3.8) is 0 Å². The number of rotatable bonds is 4. The average molecular weight is 299 g/mol. The lowest BCUT2D eigenvalue weighted by Crippen LogP contribution is -2.44. The highest BCUT2D eigenvalue weighted by Crippen LogP contribution is 2.16. The fourth-order valence-corrected chi connectivity index (χ4v) is 1.82. The predicted molar refractivity (Wildman–Crippen MR) is 83.4 cm³/mol. The summed E-state index contributed by atoms with van der Waals surface area (Å²) in [5, 5.41) is 2.59. The molecule has 0 saturated heterocycles. The molecule has 0 heterocycles. The van der Waals surface area contributed by atoms with Gasteiger partial charge in [0.15, 0.2) is 0 Å². The van der Waals surface area contributed by atoms with Gasteiger partial charge in [0, 0.05) is 11.8 Å². The van der Waals surface area contributed by atoms with E-state index in [4.69, 9.17) is 4.74 Å². The lowest BCUT2D eigenvalue weighted by Gasteiger charge is -2.10. The van der Waals surface area contributed by atoms with Gasteiger partial charge >= 0.3 is 6.03 Å². The molecule has 0 fully saturated rings. The van der Waals surface area contributed by atoms with Crippen LogP contribution in [-0.2, 0) is 11.2 Å². The molecule has 0 bridgehead atoms.